The number of benzene rings is 2. The Morgan fingerprint density at radius 1 is 0.917 bits per heavy atom. The molecule has 0 aromatic heterocycles. The van der Waals surface area contributed by atoms with Crippen LogP contribution in [0.15, 0.2) is 71.6 Å². The lowest BCUT2D eigenvalue weighted by Crippen LogP contribution is -2.40. The summed E-state index contributed by atoms with van der Waals surface area (Å²) in [5.74, 6) is 0. The molecule has 1 unspecified atom stereocenters. The lowest BCUT2D eigenvalue weighted by atomic mass is 9.83. The molecule has 2 aromatic carbocycles. The van der Waals surface area contributed by atoms with Crippen LogP contribution < -0.4 is 0 Å². The highest BCUT2D eigenvalue weighted by Gasteiger charge is 2.39. The molecule has 0 bridgehead atoms. The zero-order valence-electron chi connectivity index (χ0n) is 14.1. The molecule has 1 atom stereocenters. The molecule has 0 aliphatic heterocycles. The Bertz CT molecular complexity index is 630. The first kappa shape index (κ1) is 17.3. The van der Waals surface area contributed by atoms with Crippen LogP contribution in [0.2, 0.25) is 0 Å². The molecule has 0 radical (unpaired) electrons. The molecule has 1 saturated carbocycles. The average molecular weight is 339 g/mol. The summed E-state index contributed by atoms with van der Waals surface area (Å²) in [5, 5.41) is 11.0. The maximum absolute atomic E-state index is 11.0. The van der Waals surface area contributed by atoms with E-state index >= 15 is 0 Å². The van der Waals surface area contributed by atoms with Gasteiger partial charge in [0.15, 0.2) is 0 Å². The van der Waals surface area contributed by atoms with Gasteiger partial charge in [0.1, 0.15) is 0 Å². The van der Waals surface area contributed by atoms with E-state index in [1.165, 1.54) is 29.7 Å². The topological polar surface area (TPSA) is 20.2 Å². The summed E-state index contributed by atoms with van der Waals surface area (Å²) < 4.78 is -0.0410. The minimum Gasteiger partial charge on any atom is -0.391 e. The standard InChI is InChI=1S/C22H26OS/c23-21(16-10-13-19-11-4-1-5-12-19)22(17-8-3-9-18-22)24-20-14-6-2-7-15-20/h1-2,4-7,10-15,21,23H,3,8-9,16-18H2/b13-10+. The van der Waals surface area contributed by atoms with Gasteiger partial charge in [-0.25, -0.2) is 0 Å². The quantitative estimate of drug-likeness (QED) is 0.702. The second-order valence-corrected chi connectivity index (χ2v) is 8.09. The van der Waals surface area contributed by atoms with Crippen molar-refractivity contribution >= 4 is 17.8 Å². The van der Waals surface area contributed by atoms with E-state index in [4.69, 9.17) is 0 Å². The van der Waals surface area contributed by atoms with Gasteiger partial charge in [0, 0.05) is 9.64 Å². The number of hydrogen-bond donors (Lipinski definition) is 1. The SMILES string of the molecule is OC(C/C=C/c1ccccc1)C1(Sc2ccccc2)CCCCC1. The van der Waals surface area contributed by atoms with Gasteiger partial charge in [-0.3, -0.25) is 0 Å². The Labute approximate surface area is 149 Å². The Morgan fingerprint density at radius 2 is 1.54 bits per heavy atom. The largest absolute Gasteiger partial charge is 0.391 e. The first-order valence-corrected chi connectivity index (χ1v) is 9.74. The number of aliphatic hydroxyl groups is 1. The van der Waals surface area contributed by atoms with E-state index in [9.17, 15) is 5.11 Å². The minimum absolute atomic E-state index is 0.0410. The molecule has 1 nitrogen and oxygen atoms in total. The van der Waals surface area contributed by atoms with Crippen LogP contribution in [0.3, 0.4) is 0 Å². The third kappa shape index (κ3) is 4.52. The van der Waals surface area contributed by atoms with Crippen LogP contribution in [-0.2, 0) is 0 Å². The molecule has 24 heavy (non-hydrogen) atoms. The molecule has 1 N–H and O–H groups in total. The summed E-state index contributed by atoms with van der Waals surface area (Å²) in [6.07, 6.45) is 10.6. The van der Waals surface area contributed by atoms with Gasteiger partial charge in [-0.1, -0.05) is 79.9 Å². The number of aliphatic hydroxyl groups excluding tert-OH is 1. The Kier molecular flexibility index (Phi) is 6.17. The van der Waals surface area contributed by atoms with Gasteiger partial charge < -0.3 is 5.11 Å². The Morgan fingerprint density at radius 3 is 2.21 bits per heavy atom. The predicted molar refractivity (Wildman–Crippen MR) is 104 cm³/mol. The smallest absolute Gasteiger partial charge is 0.0724 e. The summed E-state index contributed by atoms with van der Waals surface area (Å²) >= 11 is 1.88. The van der Waals surface area contributed by atoms with Gasteiger partial charge in [-0.05, 0) is 37.0 Å². The van der Waals surface area contributed by atoms with Crippen molar-refractivity contribution in [2.75, 3.05) is 0 Å². The van der Waals surface area contributed by atoms with E-state index in [2.05, 4.69) is 54.6 Å². The molecule has 2 heteroatoms. The summed E-state index contributed by atoms with van der Waals surface area (Å²) in [4.78, 5) is 1.27. The zero-order chi connectivity index (χ0) is 16.7. The molecular formula is C22H26OS. The maximum atomic E-state index is 11.0. The Hall–Kier alpha value is -1.51. The van der Waals surface area contributed by atoms with Crippen molar-refractivity contribution in [3.05, 3.63) is 72.3 Å². The van der Waals surface area contributed by atoms with Gasteiger partial charge in [0.2, 0.25) is 0 Å². The summed E-state index contributed by atoms with van der Waals surface area (Å²) in [6, 6.07) is 20.8. The van der Waals surface area contributed by atoms with Crippen LogP contribution in [0.5, 0.6) is 0 Å². The molecule has 1 aliphatic rings. The lowest BCUT2D eigenvalue weighted by molar-refractivity contribution is 0.109. The monoisotopic (exact) mass is 338 g/mol. The summed E-state index contributed by atoms with van der Waals surface area (Å²) in [7, 11) is 0. The molecule has 126 valence electrons. The second-order valence-electron chi connectivity index (χ2n) is 6.61. The van der Waals surface area contributed by atoms with Gasteiger partial charge in [0.25, 0.3) is 0 Å². The predicted octanol–water partition coefficient (Wildman–Crippen LogP) is 5.95. The van der Waals surface area contributed by atoms with Crippen molar-refractivity contribution in [1.82, 2.24) is 0 Å². The number of rotatable bonds is 6. The summed E-state index contributed by atoms with van der Waals surface area (Å²) in [5.41, 5.74) is 1.19. The minimum atomic E-state index is -0.303. The van der Waals surface area contributed by atoms with Crippen LogP contribution in [0, 0.1) is 0 Å². The number of thioether (sulfide) groups is 1. The van der Waals surface area contributed by atoms with Crippen LogP contribution in [0.1, 0.15) is 44.1 Å². The van der Waals surface area contributed by atoms with Crippen LogP contribution in [-0.4, -0.2) is 16.0 Å². The van der Waals surface area contributed by atoms with Crippen molar-refractivity contribution in [3.8, 4) is 0 Å². The highest BCUT2D eigenvalue weighted by atomic mass is 32.2. The molecule has 1 fully saturated rings. The highest BCUT2D eigenvalue weighted by Crippen LogP contribution is 2.47. The highest BCUT2D eigenvalue weighted by molar-refractivity contribution is 8.00. The van der Waals surface area contributed by atoms with Crippen molar-refractivity contribution in [2.24, 2.45) is 0 Å². The fourth-order valence-electron chi connectivity index (χ4n) is 3.49. The first-order valence-electron chi connectivity index (χ1n) is 8.92. The van der Waals surface area contributed by atoms with Crippen LogP contribution >= 0.6 is 11.8 Å². The van der Waals surface area contributed by atoms with Crippen molar-refractivity contribution in [3.63, 3.8) is 0 Å². The van der Waals surface area contributed by atoms with Gasteiger partial charge in [0.05, 0.1) is 6.10 Å². The molecule has 1 aliphatic carbocycles. The van der Waals surface area contributed by atoms with E-state index in [1.54, 1.807) is 0 Å². The van der Waals surface area contributed by atoms with Gasteiger partial charge in [-0.2, -0.15) is 0 Å². The first-order chi connectivity index (χ1) is 11.8. The third-order valence-corrected chi connectivity index (χ3v) is 6.44. The van der Waals surface area contributed by atoms with E-state index in [0.717, 1.165) is 12.8 Å². The van der Waals surface area contributed by atoms with E-state index in [-0.39, 0.29) is 10.9 Å². The zero-order valence-corrected chi connectivity index (χ0v) is 14.9. The van der Waals surface area contributed by atoms with Gasteiger partial charge in [-0.15, -0.1) is 11.8 Å². The number of hydrogen-bond acceptors (Lipinski definition) is 2. The second kappa shape index (κ2) is 8.55. The van der Waals surface area contributed by atoms with Crippen LogP contribution in [0.25, 0.3) is 6.08 Å². The normalized spacial score (nSPS) is 18.5. The van der Waals surface area contributed by atoms with E-state index in [0.29, 0.717) is 6.42 Å². The van der Waals surface area contributed by atoms with E-state index in [1.807, 2.05) is 30.0 Å². The van der Waals surface area contributed by atoms with Crippen molar-refractivity contribution < 1.29 is 5.11 Å². The van der Waals surface area contributed by atoms with Gasteiger partial charge >= 0.3 is 0 Å². The fourth-order valence-corrected chi connectivity index (χ4v) is 4.98. The third-order valence-electron chi connectivity index (χ3n) is 4.84. The maximum Gasteiger partial charge on any atom is 0.0724 e. The molecule has 2 aromatic rings. The molecule has 0 heterocycles. The molecular weight excluding hydrogens is 312 g/mol. The van der Waals surface area contributed by atoms with Crippen molar-refractivity contribution in [1.29, 1.82) is 0 Å². The van der Waals surface area contributed by atoms with E-state index < -0.39 is 0 Å². The molecule has 0 saturated heterocycles. The molecule has 0 amide bonds. The summed E-state index contributed by atoms with van der Waals surface area (Å²) in [6.45, 7) is 0. The van der Waals surface area contributed by atoms with Crippen LogP contribution in [0.4, 0.5) is 0 Å². The average Bonchev–Trinajstić information content (AvgIpc) is 2.64. The fraction of sp³-hybridized carbons (Fsp3) is 0.364. The Balaban J connectivity index is 1.69. The molecule has 0 spiro atoms. The lowest BCUT2D eigenvalue weighted by Gasteiger charge is -2.40. The van der Waals surface area contributed by atoms with Crippen molar-refractivity contribution in [2.45, 2.75) is 54.3 Å². The molecule has 3 rings (SSSR count).